The summed E-state index contributed by atoms with van der Waals surface area (Å²) in [5.41, 5.74) is 0.621. The number of carbonyl (C=O) groups is 1. The highest BCUT2D eigenvalue weighted by Crippen LogP contribution is 2.26. The van der Waals surface area contributed by atoms with E-state index < -0.39 is 18.8 Å². The highest BCUT2D eigenvalue weighted by atomic mass is 19.4. The zero-order chi connectivity index (χ0) is 20.7. The molecule has 28 heavy (non-hydrogen) atoms. The first-order valence-corrected chi connectivity index (χ1v) is 9.77. The van der Waals surface area contributed by atoms with Gasteiger partial charge in [-0.2, -0.15) is 13.2 Å². The van der Waals surface area contributed by atoms with E-state index in [0.717, 1.165) is 0 Å². The molecule has 1 heterocycles. The third-order valence-electron chi connectivity index (χ3n) is 5.09. The molecule has 0 spiro atoms. The van der Waals surface area contributed by atoms with Crippen molar-refractivity contribution < 1.29 is 22.7 Å². The molecule has 0 unspecified atom stereocenters. The Morgan fingerprint density at radius 1 is 1.25 bits per heavy atom. The van der Waals surface area contributed by atoms with E-state index in [1.165, 1.54) is 4.90 Å². The minimum absolute atomic E-state index is 0.0379. The lowest BCUT2D eigenvalue weighted by atomic mass is 9.90. The monoisotopic (exact) mass is 401 g/mol. The van der Waals surface area contributed by atoms with Crippen molar-refractivity contribution >= 4 is 11.6 Å². The van der Waals surface area contributed by atoms with Gasteiger partial charge in [-0.1, -0.05) is 12.1 Å². The lowest BCUT2D eigenvalue weighted by Gasteiger charge is -2.36. The smallest absolute Gasteiger partial charge is 0.401 e. The number of hydrogen-bond acceptors (Lipinski definition) is 4. The van der Waals surface area contributed by atoms with Gasteiger partial charge in [0.25, 0.3) is 0 Å². The van der Waals surface area contributed by atoms with E-state index in [0.29, 0.717) is 44.0 Å². The standard InChI is InChI=1S/C20H30F3N3O2/c1-4-28-18-8-6-5-7-17(18)25-19(27)15(3)24-14(2)16-9-11-26(12-10-16)13-20(21,22)23/h5-8,14-16,24H,4,9-13H2,1-3H3,(H,25,27)/t14-,15-/m1/s1. The Bertz CT molecular complexity index is 631. The van der Waals surface area contributed by atoms with Gasteiger partial charge in [0.15, 0.2) is 0 Å². The highest BCUT2D eigenvalue weighted by molar-refractivity contribution is 5.95. The van der Waals surface area contributed by atoms with Crippen LogP contribution in [0.15, 0.2) is 24.3 Å². The van der Waals surface area contributed by atoms with Gasteiger partial charge in [0.1, 0.15) is 5.75 Å². The molecular formula is C20H30F3N3O2. The Labute approximate surface area is 164 Å². The first-order valence-electron chi connectivity index (χ1n) is 9.77. The summed E-state index contributed by atoms with van der Waals surface area (Å²) >= 11 is 0. The minimum Gasteiger partial charge on any atom is -0.492 e. The lowest BCUT2D eigenvalue weighted by molar-refractivity contribution is -0.148. The number of carbonyl (C=O) groups excluding carboxylic acids is 1. The van der Waals surface area contributed by atoms with Crippen LogP contribution in [-0.4, -0.2) is 55.3 Å². The summed E-state index contributed by atoms with van der Waals surface area (Å²) in [5.74, 6) is 0.694. The molecule has 1 amide bonds. The molecule has 1 fully saturated rings. The molecular weight excluding hydrogens is 371 g/mol. The number of piperidine rings is 1. The van der Waals surface area contributed by atoms with Crippen LogP contribution in [0, 0.1) is 5.92 Å². The lowest BCUT2D eigenvalue weighted by Crippen LogP contribution is -2.49. The summed E-state index contributed by atoms with van der Waals surface area (Å²) in [5, 5.41) is 6.17. The van der Waals surface area contributed by atoms with Crippen LogP contribution in [0.5, 0.6) is 5.75 Å². The van der Waals surface area contributed by atoms with Crippen molar-refractivity contribution in [2.45, 2.75) is 51.9 Å². The predicted octanol–water partition coefficient (Wildman–Crippen LogP) is 3.66. The first-order chi connectivity index (χ1) is 13.2. The Hall–Kier alpha value is -1.80. The number of hydrogen-bond donors (Lipinski definition) is 2. The van der Waals surface area contributed by atoms with Crippen molar-refractivity contribution in [3.63, 3.8) is 0 Å². The van der Waals surface area contributed by atoms with Gasteiger partial charge < -0.3 is 15.4 Å². The number of nitrogens with one attached hydrogen (secondary N) is 2. The average Bonchev–Trinajstić information content (AvgIpc) is 2.62. The second-order valence-electron chi connectivity index (χ2n) is 7.32. The SMILES string of the molecule is CCOc1ccccc1NC(=O)[C@@H](C)N[C@H](C)C1CCN(CC(F)(F)F)CC1. The van der Waals surface area contributed by atoms with Crippen LogP contribution in [-0.2, 0) is 4.79 Å². The Morgan fingerprint density at radius 2 is 1.89 bits per heavy atom. The van der Waals surface area contributed by atoms with Crippen molar-refractivity contribution in [2.75, 3.05) is 31.6 Å². The van der Waals surface area contributed by atoms with Gasteiger partial charge in [0.05, 0.1) is 24.9 Å². The average molecular weight is 401 g/mol. The van der Waals surface area contributed by atoms with Crippen LogP contribution in [0.2, 0.25) is 0 Å². The van der Waals surface area contributed by atoms with Crippen molar-refractivity contribution in [3.05, 3.63) is 24.3 Å². The van der Waals surface area contributed by atoms with Gasteiger partial charge in [-0.05, 0) is 64.8 Å². The summed E-state index contributed by atoms with van der Waals surface area (Å²) in [4.78, 5) is 14.0. The van der Waals surface area contributed by atoms with E-state index in [-0.39, 0.29) is 17.9 Å². The molecule has 1 saturated heterocycles. The van der Waals surface area contributed by atoms with E-state index in [4.69, 9.17) is 4.74 Å². The number of amides is 1. The van der Waals surface area contributed by atoms with Crippen LogP contribution >= 0.6 is 0 Å². The van der Waals surface area contributed by atoms with Crippen LogP contribution in [0.25, 0.3) is 0 Å². The topological polar surface area (TPSA) is 53.6 Å². The number of rotatable bonds is 8. The molecule has 5 nitrogen and oxygen atoms in total. The number of anilines is 1. The molecule has 1 aromatic carbocycles. The second kappa shape index (κ2) is 10.1. The molecule has 0 radical (unpaired) electrons. The molecule has 158 valence electrons. The largest absolute Gasteiger partial charge is 0.492 e. The minimum atomic E-state index is -4.15. The normalized spacial score (nSPS) is 18.5. The van der Waals surface area contributed by atoms with Crippen molar-refractivity contribution in [3.8, 4) is 5.75 Å². The quantitative estimate of drug-likeness (QED) is 0.698. The fraction of sp³-hybridized carbons (Fsp3) is 0.650. The summed E-state index contributed by atoms with van der Waals surface area (Å²) in [6.07, 6.45) is -2.78. The third kappa shape index (κ3) is 6.98. The van der Waals surface area contributed by atoms with Gasteiger partial charge in [0.2, 0.25) is 5.91 Å². The van der Waals surface area contributed by atoms with Crippen molar-refractivity contribution in [1.29, 1.82) is 0 Å². The molecule has 0 aliphatic carbocycles. The van der Waals surface area contributed by atoms with Crippen molar-refractivity contribution in [2.24, 2.45) is 5.92 Å². The Kier molecular flexibility index (Phi) is 8.12. The fourth-order valence-corrected chi connectivity index (χ4v) is 3.56. The molecule has 1 aliphatic heterocycles. The second-order valence-corrected chi connectivity index (χ2v) is 7.32. The first kappa shape index (κ1) is 22.5. The number of para-hydroxylation sites is 2. The number of likely N-dealkylation sites (tertiary alicyclic amines) is 1. The number of alkyl halides is 3. The number of benzene rings is 1. The van der Waals surface area contributed by atoms with Gasteiger partial charge in [0, 0.05) is 6.04 Å². The van der Waals surface area contributed by atoms with Gasteiger partial charge in [-0.25, -0.2) is 0 Å². The Balaban J connectivity index is 1.82. The van der Waals surface area contributed by atoms with E-state index in [1.54, 1.807) is 19.1 Å². The maximum absolute atomic E-state index is 12.5. The van der Waals surface area contributed by atoms with E-state index >= 15 is 0 Å². The van der Waals surface area contributed by atoms with Gasteiger partial charge >= 0.3 is 6.18 Å². The van der Waals surface area contributed by atoms with Crippen LogP contribution in [0.4, 0.5) is 18.9 Å². The molecule has 0 saturated carbocycles. The van der Waals surface area contributed by atoms with E-state index in [1.807, 2.05) is 26.0 Å². The Morgan fingerprint density at radius 3 is 2.50 bits per heavy atom. The highest BCUT2D eigenvalue weighted by Gasteiger charge is 2.33. The molecule has 2 rings (SSSR count). The van der Waals surface area contributed by atoms with Crippen LogP contribution in [0.3, 0.4) is 0 Å². The zero-order valence-electron chi connectivity index (χ0n) is 16.7. The molecule has 1 aromatic rings. The van der Waals surface area contributed by atoms with E-state index in [9.17, 15) is 18.0 Å². The molecule has 0 bridgehead atoms. The predicted molar refractivity (Wildman–Crippen MR) is 104 cm³/mol. The third-order valence-corrected chi connectivity index (χ3v) is 5.09. The molecule has 8 heteroatoms. The molecule has 1 aliphatic rings. The number of halogens is 3. The summed E-state index contributed by atoms with van der Waals surface area (Å²) in [6, 6.07) is 6.86. The molecule has 2 atom stereocenters. The number of ether oxygens (including phenoxy) is 1. The van der Waals surface area contributed by atoms with Crippen LogP contribution < -0.4 is 15.4 Å². The molecule has 0 aromatic heterocycles. The number of nitrogens with zero attached hydrogens (tertiary/aromatic N) is 1. The molecule has 2 N–H and O–H groups in total. The van der Waals surface area contributed by atoms with Crippen LogP contribution in [0.1, 0.15) is 33.6 Å². The van der Waals surface area contributed by atoms with Crippen molar-refractivity contribution in [1.82, 2.24) is 10.2 Å². The summed E-state index contributed by atoms with van der Waals surface area (Å²) in [7, 11) is 0. The maximum Gasteiger partial charge on any atom is 0.401 e. The maximum atomic E-state index is 12.5. The van der Waals surface area contributed by atoms with E-state index in [2.05, 4.69) is 10.6 Å². The summed E-state index contributed by atoms with van der Waals surface area (Å²) in [6.45, 7) is 6.17. The summed E-state index contributed by atoms with van der Waals surface area (Å²) < 4.78 is 43.0. The van der Waals surface area contributed by atoms with Gasteiger partial charge in [-0.15, -0.1) is 0 Å². The fourth-order valence-electron chi connectivity index (χ4n) is 3.56. The van der Waals surface area contributed by atoms with Gasteiger partial charge in [-0.3, -0.25) is 9.69 Å². The zero-order valence-corrected chi connectivity index (χ0v) is 16.7.